The van der Waals surface area contributed by atoms with Gasteiger partial charge in [0.1, 0.15) is 0 Å². The van der Waals surface area contributed by atoms with Gasteiger partial charge in [-0.2, -0.15) is 0 Å². The van der Waals surface area contributed by atoms with Crippen LogP contribution in [-0.4, -0.2) is 35.7 Å². The van der Waals surface area contributed by atoms with Crippen molar-refractivity contribution in [1.29, 1.82) is 0 Å². The summed E-state index contributed by atoms with van der Waals surface area (Å²) in [6, 6.07) is 0. The molecule has 0 aromatic heterocycles. The molecular weight excluding hydrogens is 208 g/mol. The normalized spacial score (nSPS) is 36.4. The van der Waals surface area contributed by atoms with E-state index in [0.29, 0.717) is 17.7 Å². The molecule has 0 amide bonds. The molecular formula is C11H21O3Si. The van der Waals surface area contributed by atoms with E-state index in [1.54, 1.807) is 14.2 Å². The monoisotopic (exact) mass is 229 g/mol. The Balaban J connectivity index is 1.92. The minimum Gasteiger partial charge on any atom is -0.397 e. The highest BCUT2D eigenvalue weighted by atomic mass is 28.3. The molecule has 4 unspecified atom stereocenters. The van der Waals surface area contributed by atoms with Gasteiger partial charge in [0.2, 0.25) is 0 Å². The summed E-state index contributed by atoms with van der Waals surface area (Å²) >= 11 is 0. The van der Waals surface area contributed by atoms with Crippen LogP contribution < -0.4 is 0 Å². The van der Waals surface area contributed by atoms with Crippen LogP contribution in [-0.2, 0) is 13.6 Å². The Labute approximate surface area is 93.9 Å². The molecule has 1 radical (unpaired) electrons. The van der Waals surface area contributed by atoms with Crippen molar-refractivity contribution < 1.29 is 13.6 Å². The predicted octanol–water partition coefficient (Wildman–Crippen LogP) is 2.12. The average molecular weight is 229 g/mol. The van der Waals surface area contributed by atoms with Gasteiger partial charge in [-0.25, -0.2) is 0 Å². The lowest BCUT2D eigenvalue weighted by Gasteiger charge is -2.30. The topological polar surface area (TPSA) is 31.0 Å². The van der Waals surface area contributed by atoms with Gasteiger partial charge in [0.05, 0.1) is 12.2 Å². The van der Waals surface area contributed by atoms with Crippen molar-refractivity contribution in [3.8, 4) is 0 Å². The van der Waals surface area contributed by atoms with Crippen LogP contribution in [0.1, 0.15) is 32.6 Å². The van der Waals surface area contributed by atoms with Crippen LogP contribution in [0.5, 0.6) is 0 Å². The summed E-state index contributed by atoms with van der Waals surface area (Å²) in [5.41, 5.74) is 0.621. The Morgan fingerprint density at radius 1 is 1.27 bits per heavy atom. The summed E-state index contributed by atoms with van der Waals surface area (Å²) in [5, 5.41) is 0. The van der Waals surface area contributed by atoms with E-state index in [2.05, 4.69) is 6.92 Å². The Morgan fingerprint density at radius 3 is 2.53 bits per heavy atom. The molecule has 0 aromatic rings. The number of fused-ring (bicyclic) bond motifs is 1. The second-order valence-electron chi connectivity index (χ2n) is 4.53. The van der Waals surface area contributed by atoms with Gasteiger partial charge in [0.15, 0.2) is 0 Å². The number of ether oxygens (including phenoxy) is 1. The van der Waals surface area contributed by atoms with Gasteiger partial charge in [0.25, 0.3) is 0 Å². The van der Waals surface area contributed by atoms with Crippen LogP contribution in [0.2, 0.25) is 5.54 Å². The lowest BCUT2D eigenvalue weighted by molar-refractivity contribution is 0.233. The molecule has 2 fully saturated rings. The van der Waals surface area contributed by atoms with Crippen molar-refractivity contribution in [1.82, 2.24) is 0 Å². The third-order valence-electron chi connectivity index (χ3n) is 3.76. The fourth-order valence-corrected chi connectivity index (χ4v) is 4.67. The molecule has 1 aliphatic carbocycles. The van der Waals surface area contributed by atoms with Crippen LogP contribution in [0.4, 0.5) is 0 Å². The van der Waals surface area contributed by atoms with Crippen LogP contribution in [0.15, 0.2) is 0 Å². The van der Waals surface area contributed by atoms with E-state index in [-0.39, 0.29) is 0 Å². The first-order valence-corrected chi connectivity index (χ1v) is 7.29. The van der Waals surface area contributed by atoms with Gasteiger partial charge in [-0.1, -0.05) is 13.3 Å². The zero-order valence-corrected chi connectivity index (χ0v) is 10.9. The van der Waals surface area contributed by atoms with E-state index in [9.17, 15) is 0 Å². The minimum absolute atomic E-state index is 0.565. The lowest BCUT2D eigenvalue weighted by atomic mass is 9.86. The largest absolute Gasteiger partial charge is 0.397 e. The van der Waals surface area contributed by atoms with Crippen molar-refractivity contribution in [2.24, 2.45) is 5.92 Å². The molecule has 3 nitrogen and oxygen atoms in total. The molecule has 0 spiro atoms. The second-order valence-corrected chi connectivity index (χ2v) is 6.72. The Morgan fingerprint density at radius 2 is 2.00 bits per heavy atom. The third-order valence-corrected chi connectivity index (χ3v) is 6.05. The van der Waals surface area contributed by atoms with Gasteiger partial charge in [0, 0.05) is 19.8 Å². The molecule has 15 heavy (non-hydrogen) atoms. The van der Waals surface area contributed by atoms with Crippen molar-refractivity contribution in [2.75, 3.05) is 14.2 Å². The predicted molar refractivity (Wildman–Crippen MR) is 59.8 cm³/mol. The van der Waals surface area contributed by atoms with E-state index < -0.39 is 9.28 Å². The summed E-state index contributed by atoms with van der Waals surface area (Å²) in [7, 11) is 2.48. The molecule has 1 aliphatic heterocycles. The standard InChI is InChI=1S/C11H21O3Si/c1-4-11(15(12-2)13-3)8-5-6-9-10(7-8)14-9/h8-11H,4-7H2,1-3H3. The smallest absolute Gasteiger partial charge is 0.387 e. The number of rotatable bonds is 5. The molecule has 4 atom stereocenters. The quantitative estimate of drug-likeness (QED) is 0.534. The zero-order chi connectivity index (χ0) is 10.8. The van der Waals surface area contributed by atoms with E-state index in [0.717, 1.165) is 12.3 Å². The van der Waals surface area contributed by atoms with Crippen molar-refractivity contribution in [2.45, 2.75) is 50.4 Å². The summed E-state index contributed by atoms with van der Waals surface area (Å²) in [5.74, 6) is 0.757. The molecule has 0 bridgehead atoms. The molecule has 1 heterocycles. The Hall–Kier alpha value is 0.0969. The molecule has 4 heteroatoms. The molecule has 0 N–H and O–H groups in total. The molecule has 2 rings (SSSR count). The first-order chi connectivity index (χ1) is 7.30. The summed E-state index contributed by atoms with van der Waals surface area (Å²) in [4.78, 5) is 0. The molecule has 2 aliphatic rings. The third kappa shape index (κ3) is 2.44. The van der Waals surface area contributed by atoms with Gasteiger partial charge in [-0.05, 0) is 25.2 Å². The first kappa shape index (κ1) is 11.6. The summed E-state index contributed by atoms with van der Waals surface area (Å²) in [6.07, 6.45) is 6.09. The number of hydrogen-bond donors (Lipinski definition) is 0. The van der Waals surface area contributed by atoms with Crippen molar-refractivity contribution >= 4 is 9.28 Å². The van der Waals surface area contributed by atoms with Gasteiger partial charge in [-0.15, -0.1) is 0 Å². The summed E-state index contributed by atoms with van der Waals surface area (Å²) in [6.45, 7) is 2.24. The van der Waals surface area contributed by atoms with E-state index in [1.807, 2.05) is 0 Å². The molecule has 87 valence electrons. The molecule has 1 saturated heterocycles. The van der Waals surface area contributed by atoms with Crippen LogP contribution >= 0.6 is 0 Å². The molecule has 1 saturated carbocycles. The van der Waals surface area contributed by atoms with Crippen LogP contribution in [0, 0.1) is 5.92 Å². The Bertz CT molecular complexity index is 208. The van der Waals surface area contributed by atoms with Gasteiger partial charge in [-0.3, -0.25) is 0 Å². The lowest BCUT2D eigenvalue weighted by Crippen LogP contribution is -2.33. The van der Waals surface area contributed by atoms with Crippen LogP contribution in [0.25, 0.3) is 0 Å². The SMILES string of the molecule is CCC(C1CCC2OC2C1)[Si](OC)OC. The fraction of sp³-hybridized carbons (Fsp3) is 1.00. The number of epoxide rings is 1. The van der Waals surface area contributed by atoms with E-state index in [4.69, 9.17) is 13.6 Å². The summed E-state index contributed by atoms with van der Waals surface area (Å²) < 4.78 is 16.6. The second kappa shape index (κ2) is 4.95. The maximum Gasteiger partial charge on any atom is 0.387 e. The van der Waals surface area contributed by atoms with Crippen molar-refractivity contribution in [3.05, 3.63) is 0 Å². The highest BCUT2D eigenvalue weighted by molar-refractivity contribution is 6.46. The fourth-order valence-electron chi connectivity index (χ4n) is 2.88. The van der Waals surface area contributed by atoms with Gasteiger partial charge < -0.3 is 13.6 Å². The van der Waals surface area contributed by atoms with E-state index >= 15 is 0 Å². The average Bonchev–Trinajstić information content (AvgIpc) is 3.03. The maximum absolute atomic E-state index is 5.58. The Kier molecular flexibility index (Phi) is 3.82. The van der Waals surface area contributed by atoms with Crippen molar-refractivity contribution in [3.63, 3.8) is 0 Å². The highest BCUT2D eigenvalue weighted by Gasteiger charge is 2.47. The van der Waals surface area contributed by atoms with E-state index in [1.165, 1.54) is 19.3 Å². The molecule has 0 aromatic carbocycles. The number of hydrogen-bond acceptors (Lipinski definition) is 3. The van der Waals surface area contributed by atoms with Gasteiger partial charge >= 0.3 is 9.28 Å². The minimum atomic E-state index is -1.07. The van der Waals surface area contributed by atoms with Crippen LogP contribution in [0.3, 0.4) is 0 Å². The first-order valence-electron chi connectivity index (χ1n) is 5.90. The maximum atomic E-state index is 5.58. The zero-order valence-electron chi connectivity index (χ0n) is 9.86. The highest BCUT2D eigenvalue weighted by Crippen LogP contribution is 2.45.